The van der Waals surface area contributed by atoms with E-state index in [2.05, 4.69) is 21.2 Å². The van der Waals surface area contributed by atoms with Gasteiger partial charge in [0.15, 0.2) is 0 Å². The maximum atomic E-state index is 11.9. The lowest BCUT2D eigenvalue weighted by molar-refractivity contribution is -0.119. The molecular weight excluding hydrogens is 296 g/mol. The number of nitrogens with one attached hydrogen (secondary N) is 1. The Morgan fingerprint density at radius 2 is 2.17 bits per heavy atom. The molecule has 0 aliphatic heterocycles. The van der Waals surface area contributed by atoms with Gasteiger partial charge >= 0.3 is 0 Å². The summed E-state index contributed by atoms with van der Waals surface area (Å²) in [5, 5.41) is 11.7. The van der Waals surface area contributed by atoms with E-state index in [9.17, 15) is 4.79 Å². The number of hydrogen-bond acceptors (Lipinski definition) is 3. The van der Waals surface area contributed by atoms with Crippen molar-refractivity contribution >= 4 is 27.5 Å². The topological polar surface area (TPSA) is 62.1 Å². The fraction of sp³-hybridized carbons (Fsp3) is 0.385. The fourth-order valence-electron chi connectivity index (χ4n) is 1.45. The van der Waals surface area contributed by atoms with Gasteiger partial charge in [0.05, 0.1) is 18.9 Å². The summed E-state index contributed by atoms with van der Waals surface area (Å²) in [6.07, 6.45) is 0. The van der Waals surface area contributed by atoms with Crippen LogP contribution in [0.3, 0.4) is 0 Å². The summed E-state index contributed by atoms with van der Waals surface area (Å²) >= 11 is 3.34. The number of methoxy groups -OCH3 is 1. The molecule has 0 radical (unpaired) electrons. The van der Waals surface area contributed by atoms with Crippen LogP contribution in [-0.4, -0.2) is 13.0 Å². The molecule has 0 spiro atoms. The number of anilines is 1. The summed E-state index contributed by atoms with van der Waals surface area (Å²) in [5.41, 5.74) is 0.597. The lowest BCUT2D eigenvalue weighted by Gasteiger charge is -2.14. The molecule has 1 amide bonds. The highest BCUT2D eigenvalue weighted by molar-refractivity contribution is 9.10. The van der Waals surface area contributed by atoms with Crippen molar-refractivity contribution in [3.8, 4) is 11.8 Å². The molecular formula is C13H15BrN2O2. The van der Waals surface area contributed by atoms with Crippen LogP contribution >= 0.6 is 15.9 Å². The number of amides is 1. The second-order valence-corrected chi connectivity index (χ2v) is 5.04. The minimum absolute atomic E-state index is 0.0283. The first-order valence-corrected chi connectivity index (χ1v) is 6.33. The van der Waals surface area contributed by atoms with E-state index in [0.717, 1.165) is 4.47 Å². The first-order chi connectivity index (χ1) is 8.49. The zero-order valence-corrected chi connectivity index (χ0v) is 12.1. The third-order valence-corrected chi connectivity index (χ3v) is 3.21. The third-order valence-electron chi connectivity index (χ3n) is 2.52. The van der Waals surface area contributed by atoms with Gasteiger partial charge in [-0.3, -0.25) is 4.79 Å². The Labute approximate surface area is 115 Å². The normalized spacial score (nSPS) is 11.8. The summed E-state index contributed by atoms with van der Waals surface area (Å²) in [7, 11) is 1.56. The Bertz CT molecular complexity index is 480. The minimum atomic E-state index is -0.664. The molecule has 1 aromatic rings. The predicted molar refractivity (Wildman–Crippen MR) is 73.3 cm³/mol. The van der Waals surface area contributed by atoms with Crippen molar-refractivity contribution in [1.29, 1.82) is 5.26 Å². The molecule has 0 aromatic heterocycles. The van der Waals surface area contributed by atoms with Crippen LogP contribution in [0.2, 0.25) is 0 Å². The summed E-state index contributed by atoms with van der Waals surface area (Å²) in [6.45, 7) is 3.68. The van der Waals surface area contributed by atoms with Gasteiger partial charge in [0, 0.05) is 10.5 Å². The number of nitrogens with zero attached hydrogens (tertiary/aromatic N) is 1. The first-order valence-electron chi connectivity index (χ1n) is 5.53. The maximum Gasteiger partial charge on any atom is 0.242 e. The van der Waals surface area contributed by atoms with Gasteiger partial charge in [0.2, 0.25) is 5.91 Å². The second-order valence-electron chi connectivity index (χ2n) is 4.19. The number of nitriles is 1. The van der Waals surface area contributed by atoms with Crippen molar-refractivity contribution in [2.24, 2.45) is 11.8 Å². The van der Waals surface area contributed by atoms with Gasteiger partial charge in [0.1, 0.15) is 11.7 Å². The smallest absolute Gasteiger partial charge is 0.242 e. The van der Waals surface area contributed by atoms with Crippen LogP contribution in [0, 0.1) is 23.2 Å². The van der Waals surface area contributed by atoms with Gasteiger partial charge in [-0.1, -0.05) is 13.8 Å². The Morgan fingerprint density at radius 1 is 1.50 bits per heavy atom. The zero-order chi connectivity index (χ0) is 13.7. The molecule has 1 unspecified atom stereocenters. The van der Waals surface area contributed by atoms with Gasteiger partial charge in [-0.25, -0.2) is 0 Å². The highest BCUT2D eigenvalue weighted by atomic mass is 79.9. The van der Waals surface area contributed by atoms with Crippen molar-refractivity contribution < 1.29 is 9.53 Å². The highest BCUT2D eigenvalue weighted by Crippen LogP contribution is 2.28. The van der Waals surface area contributed by atoms with Crippen molar-refractivity contribution in [2.45, 2.75) is 13.8 Å². The summed E-state index contributed by atoms with van der Waals surface area (Å²) < 4.78 is 5.84. The molecule has 1 atom stereocenters. The first kappa shape index (κ1) is 14.5. The van der Waals surface area contributed by atoms with Crippen LogP contribution in [0.1, 0.15) is 13.8 Å². The van der Waals surface area contributed by atoms with Gasteiger partial charge < -0.3 is 10.1 Å². The summed E-state index contributed by atoms with van der Waals surface area (Å²) in [6, 6.07) is 7.28. The Balaban J connectivity index is 2.91. The van der Waals surface area contributed by atoms with E-state index in [-0.39, 0.29) is 11.8 Å². The Kier molecular flexibility index (Phi) is 5.17. The Morgan fingerprint density at radius 3 is 2.67 bits per heavy atom. The Hall–Kier alpha value is -1.54. The number of rotatable bonds is 4. The number of halogens is 1. The van der Waals surface area contributed by atoms with E-state index in [4.69, 9.17) is 10.00 Å². The van der Waals surface area contributed by atoms with Crippen LogP contribution in [0.25, 0.3) is 0 Å². The number of carbonyl (C=O) groups excluding carboxylic acids is 1. The number of benzene rings is 1. The van der Waals surface area contributed by atoms with Crippen LogP contribution in [0.15, 0.2) is 22.7 Å². The largest absolute Gasteiger partial charge is 0.497 e. The molecule has 1 aromatic carbocycles. The fourth-order valence-corrected chi connectivity index (χ4v) is 1.79. The summed E-state index contributed by atoms with van der Waals surface area (Å²) in [5.74, 6) is -0.351. The van der Waals surface area contributed by atoms with Crippen molar-refractivity contribution in [3.63, 3.8) is 0 Å². The highest BCUT2D eigenvalue weighted by Gasteiger charge is 2.22. The van der Waals surface area contributed by atoms with Crippen LogP contribution < -0.4 is 10.1 Å². The van der Waals surface area contributed by atoms with Crippen molar-refractivity contribution in [2.75, 3.05) is 12.4 Å². The summed E-state index contributed by atoms with van der Waals surface area (Å²) in [4.78, 5) is 11.9. The molecule has 18 heavy (non-hydrogen) atoms. The quantitative estimate of drug-likeness (QED) is 0.929. The van der Waals surface area contributed by atoms with E-state index in [0.29, 0.717) is 11.4 Å². The van der Waals surface area contributed by atoms with Gasteiger partial charge in [-0.15, -0.1) is 0 Å². The molecule has 1 rings (SSSR count). The van der Waals surface area contributed by atoms with E-state index in [1.54, 1.807) is 25.3 Å². The average Bonchev–Trinajstić information content (AvgIpc) is 2.32. The van der Waals surface area contributed by atoms with Gasteiger partial charge in [0.25, 0.3) is 0 Å². The monoisotopic (exact) mass is 310 g/mol. The van der Waals surface area contributed by atoms with Crippen LogP contribution in [0.4, 0.5) is 5.69 Å². The third kappa shape index (κ3) is 3.47. The van der Waals surface area contributed by atoms with E-state index >= 15 is 0 Å². The molecule has 0 fully saturated rings. The maximum absolute atomic E-state index is 11.9. The molecule has 4 nitrogen and oxygen atoms in total. The standard InChI is InChI=1S/C13H15BrN2O2/c1-8(2)10(7-15)13(17)16-12-6-9(18-3)4-5-11(12)14/h4-6,8,10H,1-3H3,(H,16,17). The van der Waals surface area contributed by atoms with Crippen molar-refractivity contribution in [1.82, 2.24) is 0 Å². The molecule has 0 bridgehead atoms. The van der Waals surface area contributed by atoms with Crippen LogP contribution in [-0.2, 0) is 4.79 Å². The van der Waals surface area contributed by atoms with Crippen molar-refractivity contribution in [3.05, 3.63) is 22.7 Å². The number of ether oxygens (including phenoxy) is 1. The molecule has 1 N–H and O–H groups in total. The molecule has 96 valence electrons. The van der Waals surface area contributed by atoms with E-state index in [1.165, 1.54) is 0 Å². The molecule has 0 heterocycles. The SMILES string of the molecule is COc1ccc(Br)c(NC(=O)C(C#N)C(C)C)c1. The molecule has 0 aliphatic rings. The molecule has 5 heteroatoms. The second kappa shape index (κ2) is 6.41. The minimum Gasteiger partial charge on any atom is -0.497 e. The lowest BCUT2D eigenvalue weighted by atomic mass is 9.96. The molecule has 0 saturated heterocycles. The molecule has 0 aliphatic carbocycles. The molecule has 0 saturated carbocycles. The average molecular weight is 311 g/mol. The number of carbonyl (C=O) groups is 1. The van der Waals surface area contributed by atoms with E-state index in [1.807, 2.05) is 19.9 Å². The number of hydrogen-bond donors (Lipinski definition) is 1. The van der Waals surface area contributed by atoms with Gasteiger partial charge in [-0.2, -0.15) is 5.26 Å². The van der Waals surface area contributed by atoms with Gasteiger partial charge in [-0.05, 0) is 34.0 Å². The predicted octanol–water partition coefficient (Wildman–Crippen LogP) is 3.19. The lowest BCUT2D eigenvalue weighted by Crippen LogP contribution is -2.25. The van der Waals surface area contributed by atoms with E-state index < -0.39 is 5.92 Å². The zero-order valence-electron chi connectivity index (χ0n) is 10.5. The van der Waals surface area contributed by atoms with Crippen LogP contribution in [0.5, 0.6) is 5.75 Å².